The number of aromatic amines is 1. The molecule has 0 saturated carbocycles. The average molecular weight is 227 g/mol. The highest BCUT2D eigenvalue weighted by atomic mass is 16.5. The number of fused-ring (bicyclic) bond motifs is 1. The molecule has 0 atom stereocenters. The number of benzene rings is 1. The van der Waals surface area contributed by atoms with Gasteiger partial charge in [-0.2, -0.15) is 0 Å². The summed E-state index contributed by atoms with van der Waals surface area (Å²) in [7, 11) is 0. The quantitative estimate of drug-likeness (QED) is 0.695. The lowest BCUT2D eigenvalue weighted by atomic mass is 10.3. The van der Waals surface area contributed by atoms with Gasteiger partial charge in [0, 0.05) is 0 Å². The fraction of sp³-hybridized carbons (Fsp3) is 0. The lowest BCUT2D eigenvalue weighted by Crippen LogP contribution is -1.93. The first-order chi connectivity index (χ1) is 8.34. The Morgan fingerprint density at radius 2 is 1.94 bits per heavy atom. The molecular weight excluding hydrogens is 218 g/mol. The molecule has 3 rings (SSSR count). The van der Waals surface area contributed by atoms with Crippen LogP contribution < -0.4 is 10.5 Å². The molecule has 0 unspecified atom stereocenters. The Labute approximate surface area is 96.5 Å². The Balaban J connectivity index is 2.07. The monoisotopic (exact) mass is 227 g/mol. The van der Waals surface area contributed by atoms with Gasteiger partial charge in [-0.25, -0.2) is 9.97 Å². The maximum atomic E-state index is 5.76. The lowest BCUT2D eigenvalue weighted by Gasteiger charge is -2.02. The molecular formula is C11H9N5O. The molecule has 0 aliphatic carbocycles. The third-order valence-corrected chi connectivity index (χ3v) is 2.31. The second-order valence-electron chi connectivity index (χ2n) is 3.43. The van der Waals surface area contributed by atoms with Crippen LogP contribution in [0.3, 0.4) is 0 Å². The molecule has 2 heterocycles. The highest BCUT2D eigenvalue weighted by molar-refractivity contribution is 5.90. The minimum atomic E-state index is 0.342. The number of aromatic nitrogens is 4. The number of anilines is 1. The number of nitrogens with two attached hydrogens (primary N) is 1. The van der Waals surface area contributed by atoms with Gasteiger partial charge in [-0.05, 0) is 12.1 Å². The van der Waals surface area contributed by atoms with Gasteiger partial charge in [0.15, 0.2) is 5.65 Å². The number of H-pyrrole nitrogens is 1. The molecule has 0 fully saturated rings. The Hall–Kier alpha value is -2.63. The molecule has 0 spiro atoms. The maximum Gasteiger partial charge on any atom is 0.251 e. The topological polar surface area (TPSA) is 89.7 Å². The van der Waals surface area contributed by atoms with Crippen LogP contribution in [0, 0.1) is 0 Å². The van der Waals surface area contributed by atoms with Crippen LogP contribution in [0.15, 0.2) is 36.7 Å². The van der Waals surface area contributed by atoms with Crippen molar-refractivity contribution in [2.24, 2.45) is 0 Å². The molecule has 0 aliphatic heterocycles. The van der Waals surface area contributed by atoms with E-state index in [0.29, 0.717) is 28.5 Å². The number of rotatable bonds is 2. The number of hydrogen-bond acceptors (Lipinski definition) is 5. The molecule has 6 heteroatoms. The number of nitrogen functional groups attached to an aromatic ring is 1. The molecule has 0 bridgehead atoms. The molecule has 0 saturated heterocycles. The van der Waals surface area contributed by atoms with Crippen LogP contribution in [0.2, 0.25) is 0 Å². The van der Waals surface area contributed by atoms with Crippen LogP contribution in [-0.4, -0.2) is 20.2 Å². The fourth-order valence-corrected chi connectivity index (χ4v) is 1.53. The molecule has 17 heavy (non-hydrogen) atoms. The van der Waals surface area contributed by atoms with Crippen molar-refractivity contribution in [3.8, 4) is 11.6 Å². The van der Waals surface area contributed by atoms with Crippen molar-refractivity contribution < 1.29 is 4.74 Å². The number of nitrogens with one attached hydrogen (secondary N) is 1. The molecule has 0 amide bonds. The first-order valence-corrected chi connectivity index (χ1v) is 5.02. The fourth-order valence-electron chi connectivity index (χ4n) is 1.53. The Kier molecular flexibility index (Phi) is 2.11. The first-order valence-electron chi connectivity index (χ1n) is 5.02. The van der Waals surface area contributed by atoms with Gasteiger partial charge in [-0.3, -0.25) is 5.10 Å². The summed E-state index contributed by atoms with van der Waals surface area (Å²) < 4.78 is 5.61. The molecule has 2 aromatic heterocycles. The van der Waals surface area contributed by atoms with Gasteiger partial charge >= 0.3 is 0 Å². The van der Waals surface area contributed by atoms with Gasteiger partial charge in [0.2, 0.25) is 0 Å². The van der Waals surface area contributed by atoms with Crippen molar-refractivity contribution in [1.29, 1.82) is 0 Å². The first kappa shape index (κ1) is 9.59. The van der Waals surface area contributed by atoms with E-state index in [1.807, 2.05) is 30.3 Å². The molecule has 6 nitrogen and oxygen atoms in total. The van der Waals surface area contributed by atoms with Crippen molar-refractivity contribution >= 4 is 16.9 Å². The summed E-state index contributed by atoms with van der Waals surface area (Å²) in [6.45, 7) is 0. The standard InChI is InChI=1S/C11H9N5O/c12-9-8-10(14-6-13-9)15-16-11(8)17-7-4-2-1-3-5-7/h1-6H,(H3,12,13,14,15,16). The normalized spacial score (nSPS) is 10.6. The van der Waals surface area contributed by atoms with E-state index < -0.39 is 0 Å². The van der Waals surface area contributed by atoms with Crippen LogP contribution in [0.25, 0.3) is 11.0 Å². The third-order valence-electron chi connectivity index (χ3n) is 2.31. The highest BCUT2D eigenvalue weighted by Gasteiger charge is 2.12. The van der Waals surface area contributed by atoms with Gasteiger partial charge in [0.05, 0.1) is 0 Å². The number of para-hydroxylation sites is 1. The van der Waals surface area contributed by atoms with Gasteiger partial charge in [-0.15, -0.1) is 5.10 Å². The largest absolute Gasteiger partial charge is 0.437 e. The Morgan fingerprint density at radius 1 is 1.12 bits per heavy atom. The highest BCUT2D eigenvalue weighted by Crippen LogP contribution is 2.28. The van der Waals surface area contributed by atoms with E-state index in [4.69, 9.17) is 10.5 Å². The summed E-state index contributed by atoms with van der Waals surface area (Å²) in [4.78, 5) is 7.92. The van der Waals surface area contributed by atoms with Crippen LogP contribution in [0.4, 0.5) is 5.82 Å². The van der Waals surface area contributed by atoms with Crippen LogP contribution in [0.5, 0.6) is 11.6 Å². The lowest BCUT2D eigenvalue weighted by molar-refractivity contribution is 0.466. The molecule has 3 aromatic rings. The molecule has 1 aromatic carbocycles. The van der Waals surface area contributed by atoms with E-state index in [-0.39, 0.29) is 0 Å². The Morgan fingerprint density at radius 3 is 2.76 bits per heavy atom. The van der Waals surface area contributed by atoms with E-state index in [9.17, 15) is 0 Å². The van der Waals surface area contributed by atoms with Crippen molar-refractivity contribution in [2.75, 3.05) is 5.73 Å². The maximum absolute atomic E-state index is 5.76. The summed E-state index contributed by atoms with van der Waals surface area (Å²) in [6, 6.07) is 9.34. The van der Waals surface area contributed by atoms with Gasteiger partial charge < -0.3 is 10.5 Å². The predicted octanol–water partition coefficient (Wildman–Crippen LogP) is 1.73. The Bertz CT molecular complexity index is 649. The van der Waals surface area contributed by atoms with Crippen LogP contribution in [-0.2, 0) is 0 Å². The molecule has 0 aliphatic rings. The summed E-state index contributed by atoms with van der Waals surface area (Å²) >= 11 is 0. The summed E-state index contributed by atoms with van der Waals surface area (Å²) in [6.07, 6.45) is 1.38. The van der Waals surface area contributed by atoms with E-state index in [1.165, 1.54) is 6.33 Å². The minimum Gasteiger partial charge on any atom is -0.437 e. The molecule has 0 radical (unpaired) electrons. The average Bonchev–Trinajstić information content (AvgIpc) is 2.75. The number of hydrogen-bond donors (Lipinski definition) is 2. The summed E-state index contributed by atoms with van der Waals surface area (Å²) in [5, 5.41) is 7.36. The van der Waals surface area contributed by atoms with Crippen LogP contribution in [0.1, 0.15) is 0 Å². The van der Waals surface area contributed by atoms with E-state index in [1.54, 1.807) is 0 Å². The second-order valence-corrected chi connectivity index (χ2v) is 3.43. The number of nitrogens with zero attached hydrogens (tertiary/aromatic N) is 3. The SMILES string of the molecule is Nc1ncnc2[nH]nc(Oc3ccccc3)c12. The zero-order valence-electron chi connectivity index (χ0n) is 8.79. The van der Waals surface area contributed by atoms with Crippen molar-refractivity contribution in [2.45, 2.75) is 0 Å². The van der Waals surface area contributed by atoms with Crippen molar-refractivity contribution in [3.05, 3.63) is 36.7 Å². The van der Waals surface area contributed by atoms with E-state index in [0.717, 1.165) is 0 Å². The summed E-state index contributed by atoms with van der Waals surface area (Å²) in [5.41, 5.74) is 6.32. The zero-order chi connectivity index (χ0) is 11.7. The summed E-state index contributed by atoms with van der Waals surface area (Å²) in [5.74, 6) is 1.41. The van der Waals surface area contributed by atoms with Gasteiger partial charge in [0.25, 0.3) is 5.88 Å². The van der Waals surface area contributed by atoms with Crippen molar-refractivity contribution in [3.63, 3.8) is 0 Å². The third kappa shape index (κ3) is 1.65. The predicted molar refractivity (Wildman–Crippen MR) is 62.6 cm³/mol. The van der Waals surface area contributed by atoms with E-state index in [2.05, 4.69) is 20.2 Å². The molecule has 3 N–H and O–H groups in total. The van der Waals surface area contributed by atoms with Gasteiger partial charge in [-0.1, -0.05) is 18.2 Å². The second kappa shape index (κ2) is 3.75. The van der Waals surface area contributed by atoms with Crippen LogP contribution >= 0.6 is 0 Å². The number of ether oxygens (including phenoxy) is 1. The van der Waals surface area contributed by atoms with Gasteiger partial charge in [0.1, 0.15) is 23.3 Å². The van der Waals surface area contributed by atoms with E-state index >= 15 is 0 Å². The minimum absolute atomic E-state index is 0.342. The zero-order valence-corrected chi connectivity index (χ0v) is 8.79. The molecule has 84 valence electrons. The smallest absolute Gasteiger partial charge is 0.251 e. The van der Waals surface area contributed by atoms with Crippen molar-refractivity contribution in [1.82, 2.24) is 20.2 Å².